The van der Waals surface area contributed by atoms with Crippen LogP contribution < -0.4 is 9.72 Å². The van der Waals surface area contributed by atoms with Crippen LogP contribution in [0.25, 0.3) is 0 Å². The molecule has 2 rings (SSSR count). The number of halogens is 1. The lowest BCUT2D eigenvalue weighted by molar-refractivity contribution is -0.391. The number of aryl methyl sites for hydroxylation is 1. The van der Waals surface area contributed by atoms with Crippen molar-refractivity contribution in [3.63, 3.8) is 0 Å². The summed E-state index contributed by atoms with van der Waals surface area (Å²) in [6.45, 7) is 1.84. The Balaban J connectivity index is 2.34. The molecule has 5 heteroatoms. The summed E-state index contributed by atoms with van der Waals surface area (Å²) < 4.78 is 23.0. The highest BCUT2D eigenvalue weighted by Crippen LogP contribution is 2.22. The standard InChI is InChI=1S/C14H12FNO3/c1-9-7-12(14(17)18-2)13(16-8-9)19-11-5-3-10(15)4-6-11/h3-8H,1-2H3/p+1. The Bertz CT molecular complexity index is 596. The van der Waals surface area contributed by atoms with Crippen LogP contribution in [0.2, 0.25) is 0 Å². The van der Waals surface area contributed by atoms with Crippen molar-refractivity contribution in [2.24, 2.45) is 0 Å². The molecular formula is C14H13FNO3+. The van der Waals surface area contributed by atoms with Crippen molar-refractivity contribution in [2.75, 3.05) is 7.11 Å². The molecule has 0 fully saturated rings. The van der Waals surface area contributed by atoms with Gasteiger partial charge in [-0.25, -0.2) is 9.18 Å². The number of H-pyrrole nitrogens is 1. The number of rotatable bonds is 3. The molecule has 0 atom stereocenters. The number of hydrogen-bond donors (Lipinski definition) is 0. The molecule has 19 heavy (non-hydrogen) atoms. The molecule has 0 amide bonds. The van der Waals surface area contributed by atoms with Crippen LogP contribution in [-0.4, -0.2) is 13.1 Å². The molecule has 0 aliphatic heterocycles. The van der Waals surface area contributed by atoms with Gasteiger partial charge in [0.1, 0.15) is 11.6 Å². The minimum absolute atomic E-state index is 0.254. The van der Waals surface area contributed by atoms with Gasteiger partial charge in [0.25, 0.3) is 0 Å². The second-order valence-corrected chi connectivity index (χ2v) is 3.97. The molecule has 0 aliphatic rings. The van der Waals surface area contributed by atoms with Gasteiger partial charge in [0, 0.05) is 5.56 Å². The zero-order valence-corrected chi connectivity index (χ0v) is 10.6. The summed E-state index contributed by atoms with van der Waals surface area (Å²) in [4.78, 5) is 14.5. The average Bonchev–Trinajstić information content (AvgIpc) is 2.42. The van der Waals surface area contributed by atoms with Gasteiger partial charge in [-0.1, -0.05) is 0 Å². The van der Waals surface area contributed by atoms with E-state index in [1.807, 2.05) is 6.92 Å². The number of carbonyl (C=O) groups is 1. The normalized spacial score (nSPS) is 10.1. The molecule has 0 bridgehead atoms. The molecule has 1 N–H and O–H groups in total. The van der Waals surface area contributed by atoms with Gasteiger partial charge >= 0.3 is 11.8 Å². The van der Waals surface area contributed by atoms with Crippen molar-refractivity contribution < 1.29 is 23.6 Å². The van der Waals surface area contributed by atoms with E-state index in [9.17, 15) is 9.18 Å². The lowest BCUT2D eigenvalue weighted by atomic mass is 10.2. The number of methoxy groups -OCH3 is 1. The number of aromatic nitrogens is 1. The van der Waals surface area contributed by atoms with Gasteiger partial charge in [0.2, 0.25) is 0 Å². The third kappa shape index (κ3) is 3.07. The van der Waals surface area contributed by atoms with Gasteiger partial charge < -0.3 is 9.47 Å². The van der Waals surface area contributed by atoms with Crippen LogP contribution in [0.3, 0.4) is 0 Å². The van der Waals surface area contributed by atoms with Crippen LogP contribution in [0.5, 0.6) is 11.6 Å². The summed E-state index contributed by atoms with van der Waals surface area (Å²) in [5.41, 5.74) is 1.15. The minimum Gasteiger partial charge on any atom is -0.465 e. The van der Waals surface area contributed by atoms with E-state index in [0.717, 1.165) is 5.56 Å². The number of ether oxygens (including phenoxy) is 2. The molecule has 0 aliphatic carbocycles. The Morgan fingerprint density at radius 1 is 1.26 bits per heavy atom. The van der Waals surface area contributed by atoms with Crippen molar-refractivity contribution >= 4 is 5.97 Å². The topological polar surface area (TPSA) is 49.7 Å². The summed E-state index contributed by atoms with van der Waals surface area (Å²) in [5.74, 6) is -0.179. The predicted molar refractivity (Wildman–Crippen MR) is 65.5 cm³/mol. The predicted octanol–water partition coefficient (Wildman–Crippen LogP) is 2.53. The third-order valence-corrected chi connectivity index (χ3v) is 2.49. The quantitative estimate of drug-likeness (QED) is 0.799. The Morgan fingerprint density at radius 2 is 1.95 bits per heavy atom. The summed E-state index contributed by atoms with van der Waals surface area (Å²) >= 11 is 0. The first-order valence-electron chi connectivity index (χ1n) is 5.64. The fourth-order valence-electron chi connectivity index (χ4n) is 1.56. The fraction of sp³-hybridized carbons (Fsp3) is 0.143. The summed E-state index contributed by atoms with van der Waals surface area (Å²) in [7, 11) is 1.30. The van der Waals surface area contributed by atoms with Crippen LogP contribution >= 0.6 is 0 Å². The first kappa shape index (κ1) is 13.0. The molecule has 0 spiro atoms. The Labute approximate surface area is 109 Å². The van der Waals surface area contributed by atoms with Gasteiger partial charge in [0.15, 0.2) is 11.8 Å². The van der Waals surface area contributed by atoms with Crippen molar-refractivity contribution in [3.05, 3.63) is 53.5 Å². The second-order valence-electron chi connectivity index (χ2n) is 3.97. The molecule has 4 nitrogen and oxygen atoms in total. The second kappa shape index (κ2) is 5.48. The fourth-order valence-corrected chi connectivity index (χ4v) is 1.56. The van der Waals surface area contributed by atoms with E-state index in [2.05, 4.69) is 9.72 Å². The SMILES string of the molecule is COC(=O)c1cc(C)c[nH+]c1Oc1ccc(F)cc1. The minimum atomic E-state index is -0.503. The highest BCUT2D eigenvalue weighted by Gasteiger charge is 2.20. The van der Waals surface area contributed by atoms with Crippen LogP contribution in [0.4, 0.5) is 4.39 Å². The number of esters is 1. The number of hydrogen-bond acceptors (Lipinski definition) is 3. The van der Waals surface area contributed by atoms with Crippen molar-refractivity contribution in [3.8, 4) is 11.6 Å². The van der Waals surface area contributed by atoms with Gasteiger partial charge in [-0.2, -0.15) is 4.98 Å². The smallest absolute Gasteiger partial charge is 0.386 e. The lowest BCUT2D eigenvalue weighted by Crippen LogP contribution is -2.14. The van der Waals surface area contributed by atoms with Crippen LogP contribution in [-0.2, 0) is 4.74 Å². The van der Waals surface area contributed by atoms with Crippen LogP contribution in [0, 0.1) is 12.7 Å². The summed E-state index contributed by atoms with van der Waals surface area (Å²) in [6, 6.07) is 7.16. The van der Waals surface area contributed by atoms with Crippen molar-refractivity contribution in [1.29, 1.82) is 0 Å². The van der Waals surface area contributed by atoms with Gasteiger partial charge in [-0.15, -0.1) is 0 Å². The number of nitrogens with one attached hydrogen (secondary N) is 1. The maximum atomic E-state index is 12.8. The molecule has 0 saturated carbocycles. The maximum absolute atomic E-state index is 12.8. The van der Waals surface area contributed by atoms with Gasteiger partial charge in [-0.3, -0.25) is 0 Å². The van der Waals surface area contributed by atoms with E-state index in [4.69, 9.17) is 4.74 Å². The maximum Gasteiger partial charge on any atom is 0.386 e. The van der Waals surface area contributed by atoms with E-state index in [-0.39, 0.29) is 17.3 Å². The summed E-state index contributed by atoms with van der Waals surface area (Å²) in [6.07, 6.45) is 1.70. The van der Waals surface area contributed by atoms with E-state index < -0.39 is 5.97 Å². The van der Waals surface area contributed by atoms with Crippen molar-refractivity contribution in [2.45, 2.75) is 6.92 Å². The molecule has 0 unspecified atom stereocenters. The van der Waals surface area contributed by atoms with Crippen LogP contribution in [0.1, 0.15) is 15.9 Å². The Morgan fingerprint density at radius 3 is 2.58 bits per heavy atom. The Hall–Kier alpha value is -2.43. The largest absolute Gasteiger partial charge is 0.465 e. The number of aromatic amines is 1. The van der Waals surface area contributed by atoms with E-state index in [0.29, 0.717) is 5.75 Å². The number of benzene rings is 1. The molecule has 0 saturated heterocycles. The molecule has 0 radical (unpaired) electrons. The molecule has 2 aromatic rings. The van der Waals surface area contributed by atoms with E-state index >= 15 is 0 Å². The van der Waals surface area contributed by atoms with E-state index in [1.54, 1.807) is 12.3 Å². The average molecular weight is 262 g/mol. The molecular weight excluding hydrogens is 249 g/mol. The van der Waals surface area contributed by atoms with Crippen LogP contribution in [0.15, 0.2) is 36.5 Å². The number of pyridine rings is 1. The summed E-state index contributed by atoms with van der Waals surface area (Å²) in [5, 5.41) is 0. The van der Waals surface area contributed by atoms with Crippen molar-refractivity contribution in [1.82, 2.24) is 0 Å². The zero-order chi connectivity index (χ0) is 13.8. The lowest BCUT2D eigenvalue weighted by Gasteiger charge is -2.05. The van der Waals surface area contributed by atoms with Gasteiger partial charge in [0.05, 0.1) is 7.11 Å². The number of carbonyl (C=O) groups excluding carboxylic acids is 1. The molecule has 98 valence electrons. The Kier molecular flexibility index (Phi) is 3.75. The highest BCUT2D eigenvalue weighted by atomic mass is 19.1. The molecule has 1 aromatic heterocycles. The first-order chi connectivity index (χ1) is 9.10. The monoisotopic (exact) mass is 262 g/mol. The first-order valence-corrected chi connectivity index (χ1v) is 5.64. The van der Waals surface area contributed by atoms with E-state index in [1.165, 1.54) is 31.4 Å². The molecule has 1 aromatic carbocycles. The zero-order valence-electron chi connectivity index (χ0n) is 10.6. The third-order valence-electron chi connectivity index (χ3n) is 2.49. The highest BCUT2D eigenvalue weighted by molar-refractivity contribution is 5.91. The molecule has 1 heterocycles. The van der Waals surface area contributed by atoms with Gasteiger partial charge in [-0.05, 0) is 37.3 Å².